The molecule has 10 heteroatoms. The summed E-state index contributed by atoms with van der Waals surface area (Å²) in [6, 6.07) is 0. The van der Waals surface area contributed by atoms with Gasteiger partial charge >= 0.3 is 6.09 Å². The van der Waals surface area contributed by atoms with Gasteiger partial charge in [-0.1, -0.05) is 65.5 Å². The van der Waals surface area contributed by atoms with E-state index in [1.54, 1.807) is 5.57 Å². The summed E-state index contributed by atoms with van der Waals surface area (Å²) in [6.07, 6.45) is 18.9. The Labute approximate surface area is 292 Å². The van der Waals surface area contributed by atoms with Crippen LogP contribution in [0.3, 0.4) is 0 Å². The minimum absolute atomic E-state index is 0.0343. The number of carbonyl (C=O) groups is 1. The number of alkyl carbamates (subject to hydrolysis) is 1. The van der Waals surface area contributed by atoms with E-state index in [2.05, 4.69) is 71.5 Å². The fourth-order valence-corrected chi connectivity index (χ4v) is 10.5. The van der Waals surface area contributed by atoms with Gasteiger partial charge in [-0.3, -0.25) is 25.5 Å². The van der Waals surface area contributed by atoms with Crippen molar-refractivity contribution in [3.05, 3.63) is 11.6 Å². The molecule has 4 rings (SSSR count). The zero-order valence-corrected chi connectivity index (χ0v) is 31.0. The first-order valence-electron chi connectivity index (χ1n) is 19.3. The molecule has 3 fully saturated rings. The van der Waals surface area contributed by atoms with Crippen molar-refractivity contribution in [1.82, 2.24) is 20.9 Å². The number of nitrogens with one attached hydrogen (secondary N) is 3. The topological polar surface area (TPSA) is 142 Å². The summed E-state index contributed by atoms with van der Waals surface area (Å²) in [5.74, 6) is 5.02. The van der Waals surface area contributed by atoms with Crippen LogP contribution in [0, 0.1) is 46.3 Å². The number of ether oxygens (including phenoxy) is 1. The monoisotopic (exact) mass is 671 g/mol. The van der Waals surface area contributed by atoms with Crippen LogP contribution in [0.1, 0.15) is 105 Å². The molecule has 0 aliphatic heterocycles. The Morgan fingerprint density at radius 3 is 2.31 bits per heavy atom. The molecule has 4 aliphatic carbocycles. The summed E-state index contributed by atoms with van der Waals surface area (Å²) in [7, 11) is 0. The van der Waals surface area contributed by atoms with E-state index in [4.69, 9.17) is 16.2 Å². The maximum atomic E-state index is 12.9. The van der Waals surface area contributed by atoms with Crippen molar-refractivity contribution in [1.29, 1.82) is 0 Å². The van der Waals surface area contributed by atoms with Crippen LogP contribution in [0.4, 0.5) is 4.79 Å². The molecule has 8 unspecified atom stereocenters. The SMILES string of the molecule is CC(C)CCCC(C)C1CCC2C3CC=C4CC(OC(=O)NCCN(CCNCN=CN)CCNCN=CN)CCC4(C)C3CCC12C. The Morgan fingerprint density at radius 2 is 1.65 bits per heavy atom. The molecule has 1 amide bonds. The summed E-state index contributed by atoms with van der Waals surface area (Å²) < 4.78 is 6.04. The zero-order valence-electron chi connectivity index (χ0n) is 31.0. The number of allylic oxidation sites excluding steroid dienone is 1. The molecule has 0 aromatic heterocycles. The van der Waals surface area contributed by atoms with Crippen molar-refractivity contribution in [2.45, 2.75) is 111 Å². The fraction of sp³-hybridized carbons (Fsp3) is 0.868. The Bertz CT molecular complexity index is 1060. The molecule has 274 valence electrons. The van der Waals surface area contributed by atoms with E-state index in [1.807, 2.05) is 0 Å². The van der Waals surface area contributed by atoms with Crippen molar-refractivity contribution < 1.29 is 9.53 Å². The average Bonchev–Trinajstić information content (AvgIpc) is 3.41. The van der Waals surface area contributed by atoms with Crippen molar-refractivity contribution in [2.24, 2.45) is 67.8 Å². The van der Waals surface area contributed by atoms with Crippen LogP contribution in [-0.4, -0.2) is 82.4 Å². The number of amides is 1. The maximum Gasteiger partial charge on any atom is 0.407 e. The van der Waals surface area contributed by atoms with Gasteiger partial charge in [0.25, 0.3) is 0 Å². The van der Waals surface area contributed by atoms with Crippen LogP contribution in [-0.2, 0) is 4.74 Å². The van der Waals surface area contributed by atoms with Gasteiger partial charge in [0.1, 0.15) is 6.10 Å². The third kappa shape index (κ3) is 9.96. The summed E-state index contributed by atoms with van der Waals surface area (Å²) in [5.41, 5.74) is 13.0. The smallest absolute Gasteiger partial charge is 0.407 e. The summed E-state index contributed by atoms with van der Waals surface area (Å²) >= 11 is 0. The number of hydrogen-bond acceptors (Lipinski definition) is 7. The zero-order chi connectivity index (χ0) is 34.6. The van der Waals surface area contributed by atoms with Gasteiger partial charge in [0.15, 0.2) is 0 Å². The van der Waals surface area contributed by atoms with Gasteiger partial charge in [0.2, 0.25) is 0 Å². The molecule has 4 aliphatic rings. The van der Waals surface area contributed by atoms with Crippen molar-refractivity contribution in [2.75, 3.05) is 52.6 Å². The third-order valence-electron chi connectivity index (χ3n) is 13.1. The van der Waals surface area contributed by atoms with Gasteiger partial charge in [0.05, 0.1) is 26.0 Å². The van der Waals surface area contributed by atoms with E-state index >= 15 is 0 Å². The van der Waals surface area contributed by atoms with Crippen LogP contribution in [0.2, 0.25) is 0 Å². The van der Waals surface area contributed by atoms with Gasteiger partial charge in [-0.05, 0) is 91.3 Å². The predicted octanol–water partition coefficient (Wildman–Crippen LogP) is 5.49. The van der Waals surface area contributed by atoms with Gasteiger partial charge in [-0.25, -0.2) is 4.79 Å². The minimum Gasteiger partial charge on any atom is -0.446 e. The van der Waals surface area contributed by atoms with Crippen molar-refractivity contribution >= 4 is 18.8 Å². The number of aliphatic imine (C=N–C) groups is 2. The molecule has 8 atom stereocenters. The number of nitrogens with two attached hydrogens (primary N) is 2. The van der Waals surface area contributed by atoms with Gasteiger partial charge in [-0.15, -0.1) is 0 Å². The molecule has 0 spiro atoms. The largest absolute Gasteiger partial charge is 0.446 e. The first kappa shape index (κ1) is 38.6. The molecule has 7 N–H and O–H groups in total. The first-order valence-corrected chi connectivity index (χ1v) is 19.3. The maximum absolute atomic E-state index is 12.9. The standard InChI is InChI=1S/C38H70N8O2/c1-28(2)7-6-8-29(3)33-11-12-34-32-10-9-30-23-31(13-15-37(30,4)35(32)14-16-38(33,34)5)48-36(47)45-19-22-46(20-17-41-26-43-24-39)21-18-42-27-44-25-40/h9,24-25,28-29,31-35,41-42H,6-8,10-23,26-27H2,1-5H3,(H2,39,43)(H2,40,44)(H,45,47). The van der Waals surface area contributed by atoms with Crippen molar-refractivity contribution in [3.63, 3.8) is 0 Å². The quantitative estimate of drug-likeness (QED) is 0.0529. The van der Waals surface area contributed by atoms with Crippen LogP contribution in [0.5, 0.6) is 0 Å². The second-order valence-corrected chi connectivity index (χ2v) is 16.3. The van der Waals surface area contributed by atoms with Crippen LogP contribution < -0.4 is 27.4 Å². The second-order valence-electron chi connectivity index (χ2n) is 16.3. The van der Waals surface area contributed by atoms with E-state index < -0.39 is 0 Å². The highest BCUT2D eigenvalue weighted by molar-refractivity contribution is 5.67. The van der Waals surface area contributed by atoms with E-state index in [0.29, 0.717) is 25.3 Å². The van der Waals surface area contributed by atoms with Crippen LogP contribution in [0.25, 0.3) is 0 Å². The van der Waals surface area contributed by atoms with E-state index in [1.165, 1.54) is 64.0 Å². The molecule has 10 nitrogen and oxygen atoms in total. The lowest BCUT2D eigenvalue weighted by molar-refractivity contribution is -0.0581. The number of nitrogens with zero attached hydrogens (tertiary/aromatic N) is 3. The minimum atomic E-state index is -0.295. The summed E-state index contributed by atoms with van der Waals surface area (Å²) in [4.78, 5) is 23.2. The molecule has 0 aromatic rings. The number of rotatable bonds is 19. The normalized spacial score (nSPS) is 32.3. The lowest BCUT2D eigenvalue weighted by Crippen LogP contribution is -2.51. The number of carbonyl (C=O) groups excluding carboxylic acids is 1. The molecular weight excluding hydrogens is 600 g/mol. The molecular formula is C38H70N8O2. The molecule has 0 bridgehead atoms. The molecule has 0 radical (unpaired) electrons. The Morgan fingerprint density at radius 1 is 0.958 bits per heavy atom. The van der Waals surface area contributed by atoms with Gasteiger partial charge in [0, 0.05) is 45.7 Å². The Kier molecular flexibility index (Phi) is 15.1. The Balaban J connectivity index is 1.25. The van der Waals surface area contributed by atoms with Crippen molar-refractivity contribution in [3.8, 4) is 0 Å². The summed E-state index contributed by atoms with van der Waals surface area (Å²) in [6.45, 7) is 18.0. The lowest BCUT2D eigenvalue weighted by atomic mass is 9.47. The molecule has 3 saturated carbocycles. The number of fused-ring (bicyclic) bond motifs is 5. The second kappa shape index (κ2) is 18.7. The number of hydrogen-bond donors (Lipinski definition) is 5. The Hall–Kier alpha value is -2.17. The van der Waals surface area contributed by atoms with Crippen LogP contribution in [0.15, 0.2) is 21.6 Å². The van der Waals surface area contributed by atoms with Gasteiger partial charge in [-0.2, -0.15) is 0 Å². The average molecular weight is 671 g/mol. The lowest BCUT2D eigenvalue weighted by Gasteiger charge is -2.58. The first-order chi connectivity index (χ1) is 23.1. The molecule has 48 heavy (non-hydrogen) atoms. The van der Waals surface area contributed by atoms with E-state index in [9.17, 15) is 4.79 Å². The van der Waals surface area contributed by atoms with E-state index in [-0.39, 0.29) is 17.6 Å². The summed E-state index contributed by atoms with van der Waals surface area (Å²) in [5, 5.41) is 9.54. The third-order valence-corrected chi connectivity index (χ3v) is 13.1. The predicted molar refractivity (Wildman–Crippen MR) is 199 cm³/mol. The van der Waals surface area contributed by atoms with Crippen LogP contribution >= 0.6 is 0 Å². The molecule has 0 heterocycles. The highest BCUT2D eigenvalue weighted by Gasteiger charge is 2.59. The fourth-order valence-electron chi connectivity index (χ4n) is 10.5. The van der Waals surface area contributed by atoms with Gasteiger partial charge < -0.3 is 21.5 Å². The van der Waals surface area contributed by atoms with E-state index in [0.717, 1.165) is 87.5 Å². The highest BCUT2D eigenvalue weighted by Crippen LogP contribution is 2.67. The highest BCUT2D eigenvalue weighted by atomic mass is 16.6. The molecule has 0 aromatic carbocycles. The molecule has 0 saturated heterocycles.